The number of hydrogen-bond acceptors (Lipinski definition) is 1. The highest BCUT2D eigenvalue weighted by Gasteiger charge is 2.21. The van der Waals surface area contributed by atoms with Crippen LogP contribution in [0.4, 0.5) is 0 Å². The summed E-state index contributed by atoms with van der Waals surface area (Å²) < 4.78 is 6.80. The molecule has 96 valence electrons. The molecule has 0 N–H and O–H groups in total. The lowest BCUT2D eigenvalue weighted by Gasteiger charge is -2.22. The van der Waals surface area contributed by atoms with Gasteiger partial charge >= 0.3 is 0 Å². The Balaban J connectivity index is 3.04. The number of benzene rings is 1. The molecular weight excluding hydrogens is 344 g/mol. The molecule has 0 heterocycles. The van der Waals surface area contributed by atoms with Crippen LogP contribution in [0.5, 0.6) is 5.75 Å². The van der Waals surface area contributed by atoms with Crippen LogP contribution in [0.3, 0.4) is 0 Å². The Hall–Kier alpha value is -0.0200. The van der Waals surface area contributed by atoms with Gasteiger partial charge in [-0.3, -0.25) is 0 Å². The van der Waals surface area contributed by atoms with E-state index in [-0.39, 0.29) is 0 Å². The highest BCUT2D eigenvalue weighted by Crippen LogP contribution is 2.40. The largest absolute Gasteiger partial charge is 0.494 e. The predicted octanol–water partition coefficient (Wildman–Crippen LogP) is 5.72. The van der Waals surface area contributed by atoms with Crippen LogP contribution in [-0.2, 0) is 0 Å². The third-order valence-corrected chi connectivity index (χ3v) is 4.77. The van der Waals surface area contributed by atoms with Gasteiger partial charge in [0.25, 0.3) is 0 Å². The maximum Gasteiger partial charge on any atom is 0.123 e. The summed E-state index contributed by atoms with van der Waals surface area (Å²) in [5.74, 6) is 1.63. The first-order valence-corrected chi connectivity index (χ1v) is 7.91. The summed E-state index contributed by atoms with van der Waals surface area (Å²) in [6.07, 6.45) is 2.34. The van der Waals surface area contributed by atoms with E-state index in [4.69, 9.17) is 4.74 Å². The number of alkyl halides is 1. The monoisotopic (exact) mass is 362 g/mol. The van der Waals surface area contributed by atoms with Gasteiger partial charge in [-0.15, -0.1) is 0 Å². The van der Waals surface area contributed by atoms with Crippen molar-refractivity contribution in [2.75, 3.05) is 6.61 Å². The summed E-state index contributed by atoms with van der Waals surface area (Å²) in [5.41, 5.74) is 1.25. The second-order valence-electron chi connectivity index (χ2n) is 4.09. The van der Waals surface area contributed by atoms with Gasteiger partial charge in [0, 0.05) is 14.9 Å². The fourth-order valence-corrected chi connectivity index (χ4v) is 3.46. The van der Waals surface area contributed by atoms with E-state index in [9.17, 15) is 0 Å². The van der Waals surface area contributed by atoms with Gasteiger partial charge < -0.3 is 4.74 Å². The zero-order chi connectivity index (χ0) is 12.8. The third kappa shape index (κ3) is 3.99. The van der Waals surface area contributed by atoms with Crippen molar-refractivity contribution in [2.24, 2.45) is 5.92 Å². The smallest absolute Gasteiger partial charge is 0.123 e. The highest BCUT2D eigenvalue weighted by molar-refractivity contribution is 9.10. The molecule has 1 atom stereocenters. The second-order valence-corrected chi connectivity index (χ2v) is 6.00. The molecule has 0 amide bonds. The molecule has 1 aromatic carbocycles. The molecule has 0 saturated heterocycles. The van der Waals surface area contributed by atoms with Gasteiger partial charge in [-0.1, -0.05) is 58.5 Å². The molecule has 3 heteroatoms. The molecule has 1 rings (SSSR count). The van der Waals surface area contributed by atoms with Crippen molar-refractivity contribution in [3.63, 3.8) is 0 Å². The average Bonchev–Trinajstić information content (AvgIpc) is 2.33. The van der Waals surface area contributed by atoms with Crippen molar-refractivity contribution in [2.45, 2.75) is 38.4 Å². The van der Waals surface area contributed by atoms with Crippen molar-refractivity contribution < 1.29 is 4.74 Å². The maximum absolute atomic E-state index is 5.70. The number of rotatable bonds is 6. The van der Waals surface area contributed by atoms with E-state index in [1.807, 2.05) is 19.1 Å². The molecule has 0 aliphatic heterocycles. The summed E-state index contributed by atoms with van der Waals surface area (Å²) in [6, 6.07) is 6.23. The van der Waals surface area contributed by atoms with E-state index < -0.39 is 0 Å². The topological polar surface area (TPSA) is 9.23 Å². The Morgan fingerprint density at radius 3 is 2.35 bits per heavy atom. The quantitative estimate of drug-likeness (QED) is 0.587. The highest BCUT2D eigenvalue weighted by atomic mass is 79.9. The summed E-state index contributed by atoms with van der Waals surface area (Å²) >= 11 is 7.36. The van der Waals surface area contributed by atoms with Crippen LogP contribution in [0, 0.1) is 5.92 Å². The zero-order valence-corrected chi connectivity index (χ0v) is 13.8. The van der Waals surface area contributed by atoms with Crippen LogP contribution < -0.4 is 4.74 Å². The molecule has 0 fully saturated rings. The molecular formula is C14H20Br2O. The van der Waals surface area contributed by atoms with Crippen molar-refractivity contribution in [1.29, 1.82) is 0 Å². The van der Waals surface area contributed by atoms with Crippen LogP contribution in [0.1, 0.15) is 44.0 Å². The molecule has 1 unspecified atom stereocenters. The van der Waals surface area contributed by atoms with E-state index >= 15 is 0 Å². The Labute approximate surface area is 121 Å². The minimum atomic E-state index is 0.358. The third-order valence-electron chi connectivity index (χ3n) is 3.03. The first-order valence-electron chi connectivity index (χ1n) is 6.20. The van der Waals surface area contributed by atoms with Crippen LogP contribution in [0.15, 0.2) is 22.7 Å². The molecule has 0 radical (unpaired) electrons. The molecule has 0 aromatic heterocycles. The molecule has 0 bridgehead atoms. The Morgan fingerprint density at radius 2 is 1.82 bits per heavy atom. The van der Waals surface area contributed by atoms with Crippen molar-refractivity contribution in [3.8, 4) is 5.75 Å². The summed E-state index contributed by atoms with van der Waals surface area (Å²) in [7, 11) is 0. The van der Waals surface area contributed by atoms with E-state index in [2.05, 4.69) is 51.8 Å². The Kier molecular flexibility index (Phi) is 6.57. The molecule has 0 saturated carbocycles. The first-order chi connectivity index (χ1) is 8.13. The van der Waals surface area contributed by atoms with Crippen LogP contribution in [0.25, 0.3) is 0 Å². The minimum absolute atomic E-state index is 0.358. The van der Waals surface area contributed by atoms with E-state index in [1.165, 1.54) is 18.4 Å². The van der Waals surface area contributed by atoms with Gasteiger partial charge in [0.1, 0.15) is 5.75 Å². The van der Waals surface area contributed by atoms with Gasteiger partial charge in [0.05, 0.1) is 6.61 Å². The lowest BCUT2D eigenvalue weighted by atomic mass is 9.94. The summed E-state index contributed by atoms with van der Waals surface area (Å²) in [5, 5.41) is 0. The number of ether oxygens (including phenoxy) is 1. The summed E-state index contributed by atoms with van der Waals surface area (Å²) in [6.45, 7) is 7.20. The van der Waals surface area contributed by atoms with Gasteiger partial charge in [0.2, 0.25) is 0 Å². The SMILES string of the molecule is CCOc1ccc(Br)cc1C(Br)C(CC)CC. The fraction of sp³-hybridized carbons (Fsp3) is 0.571. The molecule has 0 aliphatic rings. The van der Waals surface area contributed by atoms with Crippen LogP contribution in [0.2, 0.25) is 0 Å². The lowest BCUT2D eigenvalue weighted by Crippen LogP contribution is -2.07. The molecule has 1 aromatic rings. The standard InChI is InChI=1S/C14H20Br2O/c1-4-10(5-2)14(16)12-9-11(15)7-8-13(12)17-6-3/h7-10,14H,4-6H2,1-3H3. The second kappa shape index (κ2) is 7.42. The molecule has 0 spiro atoms. The number of hydrogen-bond donors (Lipinski definition) is 0. The van der Waals surface area contributed by atoms with Crippen LogP contribution >= 0.6 is 31.9 Å². The summed E-state index contributed by atoms with van der Waals surface area (Å²) in [4.78, 5) is 0.358. The van der Waals surface area contributed by atoms with E-state index in [0.29, 0.717) is 17.4 Å². The average molecular weight is 364 g/mol. The Morgan fingerprint density at radius 1 is 1.18 bits per heavy atom. The normalized spacial score (nSPS) is 12.8. The zero-order valence-electron chi connectivity index (χ0n) is 10.7. The van der Waals surface area contributed by atoms with Gasteiger partial charge in [-0.2, -0.15) is 0 Å². The van der Waals surface area contributed by atoms with Gasteiger partial charge in [-0.25, -0.2) is 0 Å². The van der Waals surface area contributed by atoms with Crippen molar-refractivity contribution >= 4 is 31.9 Å². The minimum Gasteiger partial charge on any atom is -0.494 e. The van der Waals surface area contributed by atoms with Gasteiger partial charge in [0.15, 0.2) is 0 Å². The number of halogens is 2. The predicted molar refractivity (Wildman–Crippen MR) is 81.1 cm³/mol. The Bertz CT molecular complexity index is 348. The van der Waals surface area contributed by atoms with E-state index in [0.717, 1.165) is 10.2 Å². The van der Waals surface area contributed by atoms with E-state index in [1.54, 1.807) is 0 Å². The molecule has 17 heavy (non-hydrogen) atoms. The van der Waals surface area contributed by atoms with Crippen molar-refractivity contribution in [1.82, 2.24) is 0 Å². The molecule has 1 nitrogen and oxygen atoms in total. The van der Waals surface area contributed by atoms with Crippen LogP contribution in [-0.4, -0.2) is 6.61 Å². The fourth-order valence-electron chi connectivity index (χ4n) is 1.98. The van der Waals surface area contributed by atoms with Gasteiger partial charge in [-0.05, 0) is 31.0 Å². The lowest BCUT2D eigenvalue weighted by molar-refractivity contribution is 0.333. The van der Waals surface area contributed by atoms with Crippen molar-refractivity contribution in [3.05, 3.63) is 28.2 Å². The first kappa shape index (κ1) is 15.0. The molecule has 0 aliphatic carbocycles. The maximum atomic E-state index is 5.70.